The van der Waals surface area contributed by atoms with Gasteiger partial charge in [0.1, 0.15) is 6.04 Å². The monoisotopic (exact) mass is 259 g/mol. The van der Waals surface area contributed by atoms with Gasteiger partial charge in [-0.1, -0.05) is 13.8 Å². The smallest absolute Gasteiger partial charge is 0.323 e. The Morgan fingerprint density at radius 1 is 1.47 bits per heavy atom. The molecule has 1 aliphatic rings. The van der Waals surface area contributed by atoms with Crippen LogP contribution >= 0.6 is 11.8 Å². The van der Waals surface area contributed by atoms with E-state index in [1.807, 2.05) is 18.7 Å². The van der Waals surface area contributed by atoms with Gasteiger partial charge in [-0.25, -0.2) is 0 Å². The summed E-state index contributed by atoms with van der Waals surface area (Å²) in [5.41, 5.74) is 0. The number of nitrogens with one attached hydrogen (secondary N) is 1. The van der Waals surface area contributed by atoms with Crippen LogP contribution in [0.5, 0.6) is 0 Å². The van der Waals surface area contributed by atoms with Gasteiger partial charge in [0, 0.05) is 6.04 Å². The average Bonchev–Trinajstić information content (AvgIpc) is 3.06. The molecule has 0 saturated heterocycles. The van der Waals surface area contributed by atoms with E-state index in [0.717, 1.165) is 18.1 Å². The molecule has 0 bridgehead atoms. The SMILES string of the molecule is CCOC(=O)C(CCSCC(C)C)NC1CC1. The van der Waals surface area contributed by atoms with Crippen LogP contribution in [0, 0.1) is 5.92 Å². The molecule has 1 rings (SSSR count). The number of ether oxygens (including phenoxy) is 1. The summed E-state index contributed by atoms with van der Waals surface area (Å²) in [5.74, 6) is 2.84. The minimum atomic E-state index is -0.0953. The van der Waals surface area contributed by atoms with Crippen molar-refractivity contribution in [2.24, 2.45) is 5.92 Å². The summed E-state index contributed by atoms with van der Waals surface area (Å²) in [4.78, 5) is 11.7. The topological polar surface area (TPSA) is 38.3 Å². The summed E-state index contributed by atoms with van der Waals surface area (Å²) in [6.07, 6.45) is 3.29. The van der Waals surface area contributed by atoms with Gasteiger partial charge in [0.2, 0.25) is 0 Å². The van der Waals surface area contributed by atoms with Crippen LogP contribution in [0.25, 0.3) is 0 Å². The van der Waals surface area contributed by atoms with Gasteiger partial charge in [-0.15, -0.1) is 0 Å². The van der Waals surface area contributed by atoms with Crippen molar-refractivity contribution < 1.29 is 9.53 Å². The maximum absolute atomic E-state index is 11.7. The maximum Gasteiger partial charge on any atom is 0.323 e. The van der Waals surface area contributed by atoms with Gasteiger partial charge < -0.3 is 10.1 Å². The molecule has 1 atom stereocenters. The third-order valence-electron chi connectivity index (χ3n) is 2.59. The van der Waals surface area contributed by atoms with Gasteiger partial charge in [-0.2, -0.15) is 11.8 Å². The summed E-state index contributed by atoms with van der Waals surface area (Å²) < 4.78 is 5.10. The van der Waals surface area contributed by atoms with E-state index in [4.69, 9.17) is 4.74 Å². The highest BCUT2D eigenvalue weighted by Crippen LogP contribution is 2.21. The summed E-state index contributed by atoms with van der Waals surface area (Å²) in [6, 6.07) is 0.460. The summed E-state index contributed by atoms with van der Waals surface area (Å²) in [6.45, 7) is 6.77. The fourth-order valence-electron chi connectivity index (χ4n) is 1.57. The molecule has 1 aliphatic carbocycles. The Labute approximate surface area is 109 Å². The Bertz CT molecular complexity index is 229. The van der Waals surface area contributed by atoms with Crippen LogP contribution in [0.4, 0.5) is 0 Å². The molecule has 0 amide bonds. The number of rotatable bonds is 9. The predicted molar refractivity (Wildman–Crippen MR) is 73.4 cm³/mol. The fourth-order valence-corrected chi connectivity index (χ4v) is 2.61. The third kappa shape index (κ3) is 6.94. The summed E-state index contributed by atoms with van der Waals surface area (Å²) in [5, 5.41) is 3.38. The Hall–Kier alpha value is -0.220. The molecule has 100 valence electrons. The zero-order valence-electron chi connectivity index (χ0n) is 11.2. The molecule has 0 heterocycles. The molecule has 0 radical (unpaired) electrons. The lowest BCUT2D eigenvalue weighted by atomic mass is 10.2. The van der Waals surface area contributed by atoms with E-state index in [9.17, 15) is 4.79 Å². The van der Waals surface area contributed by atoms with Crippen molar-refractivity contribution in [3.63, 3.8) is 0 Å². The lowest BCUT2D eigenvalue weighted by Crippen LogP contribution is -2.39. The van der Waals surface area contributed by atoms with Gasteiger partial charge >= 0.3 is 5.97 Å². The highest BCUT2D eigenvalue weighted by atomic mass is 32.2. The fraction of sp³-hybridized carbons (Fsp3) is 0.923. The van der Waals surface area contributed by atoms with Gasteiger partial charge in [-0.05, 0) is 43.6 Å². The number of esters is 1. The number of thioether (sulfide) groups is 1. The molecule has 0 aromatic rings. The van der Waals surface area contributed by atoms with Crippen LogP contribution in [-0.4, -0.2) is 36.2 Å². The summed E-state index contributed by atoms with van der Waals surface area (Å²) >= 11 is 1.92. The van der Waals surface area contributed by atoms with E-state index in [1.54, 1.807) is 0 Å². The van der Waals surface area contributed by atoms with E-state index in [2.05, 4.69) is 19.2 Å². The van der Waals surface area contributed by atoms with Crippen molar-refractivity contribution in [3.05, 3.63) is 0 Å². The van der Waals surface area contributed by atoms with Crippen molar-refractivity contribution in [2.45, 2.75) is 52.1 Å². The molecular weight excluding hydrogens is 234 g/mol. The summed E-state index contributed by atoms with van der Waals surface area (Å²) in [7, 11) is 0. The lowest BCUT2D eigenvalue weighted by Gasteiger charge is -2.16. The van der Waals surface area contributed by atoms with Gasteiger partial charge in [0.05, 0.1) is 6.61 Å². The highest BCUT2D eigenvalue weighted by molar-refractivity contribution is 7.99. The minimum absolute atomic E-state index is 0.0791. The van der Waals surface area contributed by atoms with Crippen molar-refractivity contribution in [3.8, 4) is 0 Å². The largest absolute Gasteiger partial charge is 0.465 e. The second-order valence-corrected chi connectivity index (χ2v) is 6.15. The average molecular weight is 259 g/mol. The van der Waals surface area contributed by atoms with Crippen LogP contribution in [0.1, 0.15) is 40.0 Å². The van der Waals surface area contributed by atoms with Crippen LogP contribution in [-0.2, 0) is 9.53 Å². The quantitative estimate of drug-likeness (QED) is 0.510. The van der Waals surface area contributed by atoms with Crippen LogP contribution in [0.15, 0.2) is 0 Å². The molecule has 0 aliphatic heterocycles. The maximum atomic E-state index is 11.7. The Morgan fingerprint density at radius 3 is 2.71 bits per heavy atom. The van der Waals surface area contributed by atoms with Crippen molar-refractivity contribution in [2.75, 3.05) is 18.1 Å². The molecule has 1 fully saturated rings. The molecule has 1 unspecified atom stereocenters. The molecule has 1 saturated carbocycles. The van der Waals surface area contributed by atoms with E-state index in [0.29, 0.717) is 12.6 Å². The van der Waals surface area contributed by atoms with Gasteiger partial charge in [-0.3, -0.25) is 4.79 Å². The van der Waals surface area contributed by atoms with Crippen molar-refractivity contribution >= 4 is 17.7 Å². The van der Waals surface area contributed by atoms with E-state index in [-0.39, 0.29) is 12.0 Å². The molecule has 0 aromatic heterocycles. The first-order chi connectivity index (χ1) is 8.13. The number of carbonyl (C=O) groups is 1. The second kappa shape index (κ2) is 7.98. The zero-order chi connectivity index (χ0) is 12.7. The lowest BCUT2D eigenvalue weighted by molar-refractivity contribution is -0.145. The second-order valence-electron chi connectivity index (χ2n) is 5.00. The molecule has 0 aromatic carbocycles. The highest BCUT2D eigenvalue weighted by Gasteiger charge is 2.28. The number of hydrogen-bond donors (Lipinski definition) is 1. The standard InChI is InChI=1S/C13H25NO2S/c1-4-16-13(15)12(14-11-5-6-11)7-8-17-9-10(2)3/h10-12,14H,4-9H2,1-3H3. The first-order valence-corrected chi connectivity index (χ1v) is 7.79. The van der Waals surface area contributed by atoms with Crippen LogP contribution in [0.2, 0.25) is 0 Å². The zero-order valence-corrected chi connectivity index (χ0v) is 12.0. The predicted octanol–water partition coefficient (Wildman–Crippen LogP) is 2.45. The molecule has 1 N–H and O–H groups in total. The number of carbonyl (C=O) groups excluding carboxylic acids is 1. The molecule has 3 nitrogen and oxygen atoms in total. The van der Waals surface area contributed by atoms with Crippen LogP contribution in [0.3, 0.4) is 0 Å². The molecule has 4 heteroatoms. The molecule has 17 heavy (non-hydrogen) atoms. The van der Waals surface area contributed by atoms with Crippen molar-refractivity contribution in [1.29, 1.82) is 0 Å². The molecular formula is C13H25NO2S. The van der Waals surface area contributed by atoms with E-state index >= 15 is 0 Å². The van der Waals surface area contributed by atoms with Gasteiger partial charge in [0.15, 0.2) is 0 Å². The Morgan fingerprint density at radius 2 is 2.18 bits per heavy atom. The Balaban J connectivity index is 2.21. The van der Waals surface area contributed by atoms with Crippen molar-refractivity contribution in [1.82, 2.24) is 5.32 Å². The Kier molecular flexibility index (Phi) is 6.97. The van der Waals surface area contributed by atoms with E-state index < -0.39 is 0 Å². The minimum Gasteiger partial charge on any atom is -0.465 e. The van der Waals surface area contributed by atoms with Gasteiger partial charge in [0.25, 0.3) is 0 Å². The van der Waals surface area contributed by atoms with Crippen LogP contribution < -0.4 is 5.32 Å². The first kappa shape index (κ1) is 14.8. The molecule has 0 spiro atoms. The first-order valence-electron chi connectivity index (χ1n) is 6.64. The third-order valence-corrected chi connectivity index (χ3v) is 4.01. The normalized spacial score (nSPS) is 17.2. The van der Waals surface area contributed by atoms with E-state index in [1.165, 1.54) is 18.6 Å². The number of hydrogen-bond acceptors (Lipinski definition) is 4.